The van der Waals surface area contributed by atoms with Crippen LogP contribution in [-0.4, -0.2) is 23.5 Å². The van der Waals surface area contributed by atoms with Crippen LogP contribution in [0.25, 0.3) is 10.8 Å². The Bertz CT molecular complexity index is 1240. The van der Waals surface area contributed by atoms with E-state index in [1.54, 1.807) is 12.1 Å². The van der Waals surface area contributed by atoms with Crippen molar-refractivity contribution in [3.8, 4) is 0 Å². The van der Waals surface area contributed by atoms with Gasteiger partial charge in [0.1, 0.15) is 5.69 Å². The molecule has 4 rings (SSSR count). The summed E-state index contributed by atoms with van der Waals surface area (Å²) in [7, 11) is 0. The molecule has 1 aliphatic rings. The first kappa shape index (κ1) is 18.2. The van der Waals surface area contributed by atoms with Crippen LogP contribution < -0.4 is 10.6 Å². The molecule has 0 radical (unpaired) electrons. The molecule has 0 saturated carbocycles. The van der Waals surface area contributed by atoms with E-state index in [-0.39, 0.29) is 50.2 Å². The molecule has 0 unspecified atom stereocenters. The number of carbonyl (C=O) groups excluding carboxylic acids is 4. The zero-order valence-electron chi connectivity index (χ0n) is 15.1. The van der Waals surface area contributed by atoms with E-state index in [0.29, 0.717) is 0 Å². The third-order valence-corrected chi connectivity index (χ3v) is 4.75. The number of Topliss-reactive ketones (excluding diaryl/α,β-unsaturated/α-hetero) is 1. The number of para-hydroxylation sites is 1. The molecular formula is C21H13N3O5. The zero-order valence-corrected chi connectivity index (χ0v) is 15.1. The van der Waals surface area contributed by atoms with Crippen LogP contribution in [-0.2, 0) is 0 Å². The van der Waals surface area contributed by atoms with Crippen molar-refractivity contribution in [2.75, 3.05) is 5.32 Å². The maximum Gasteiger partial charge on any atom is 0.258 e. The number of imide groups is 1. The number of amides is 3. The van der Waals surface area contributed by atoms with E-state index in [0.717, 1.165) is 0 Å². The van der Waals surface area contributed by atoms with Gasteiger partial charge in [-0.1, -0.05) is 12.1 Å². The number of hydrogen-bond acceptors (Lipinski definition) is 6. The molecule has 0 aliphatic carbocycles. The van der Waals surface area contributed by atoms with Gasteiger partial charge in [-0.15, -0.1) is 4.91 Å². The molecule has 29 heavy (non-hydrogen) atoms. The summed E-state index contributed by atoms with van der Waals surface area (Å²) in [6.45, 7) is 1.34. The second-order valence-electron chi connectivity index (χ2n) is 6.47. The van der Waals surface area contributed by atoms with Gasteiger partial charge < -0.3 is 5.32 Å². The number of nitroso groups, excluding NO2 is 1. The summed E-state index contributed by atoms with van der Waals surface area (Å²) in [4.78, 5) is 60.7. The van der Waals surface area contributed by atoms with Crippen molar-refractivity contribution < 1.29 is 19.2 Å². The monoisotopic (exact) mass is 387 g/mol. The van der Waals surface area contributed by atoms with Gasteiger partial charge in [-0.25, -0.2) is 0 Å². The van der Waals surface area contributed by atoms with E-state index in [9.17, 15) is 24.1 Å². The van der Waals surface area contributed by atoms with E-state index in [2.05, 4.69) is 15.8 Å². The van der Waals surface area contributed by atoms with Crippen LogP contribution in [0.3, 0.4) is 0 Å². The minimum atomic E-state index is -0.606. The van der Waals surface area contributed by atoms with E-state index >= 15 is 0 Å². The quantitative estimate of drug-likeness (QED) is 0.403. The van der Waals surface area contributed by atoms with Crippen molar-refractivity contribution in [3.05, 3.63) is 75.7 Å². The van der Waals surface area contributed by atoms with Gasteiger partial charge in [-0.2, -0.15) is 0 Å². The summed E-state index contributed by atoms with van der Waals surface area (Å²) in [5.41, 5.74) is 0.948. The highest BCUT2D eigenvalue weighted by Gasteiger charge is 2.29. The molecule has 0 spiro atoms. The van der Waals surface area contributed by atoms with Crippen LogP contribution in [0.5, 0.6) is 0 Å². The second kappa shape index (κ2) is 6.75. The lowest BCUT2D eigenvalue weighted by Gasteiger charge is -2.20. The number of rotatable bonds is 4. The van der Waals surface area contributed by atoms with Gasteiger partial charge in [0.25, 0.3) is 17.7 Å². The molecule has 0 fully saturated rings. The number of nitrogens with one attached hydrogen (secondary N) is 2. The van der Waals surface area contributed by atoms with Crippen LogP contribution in [0.2, 0.25) is 0 Å². The normalized spacial score (nSPS) is 12.4. The first-order chi connectivity index (χ1) is 13.9. The fraction of sp³-hybridized carbons (Fsp3) is 0.0476. The van der Waals surface area contributed by atoms with Gasteiger partial charge in [-0.05, 0) is 48.5 Å². The van der Waals surface area contributed by atoms with Gasteiger partial charge in [0.15, 0.2) is 5.78 Å². The maximum atomic E-state index is 13.0. The maximum absolute atomic E-state index is 13.0. The van der Waals surface area contributed by atoms with E-state index in [1.165, 1.54) is 43.3 Å². The van der Waals surface area contributed by atoms with Crippen molar-refractivity contribution in [3.63, 3.8) is 0 Å². The molecule has 0 bridgehead atoms. The SMILES string of the molecule is CC(=O)c1ccc2c3c(ccc(C(=O)Nc4ccccc4N=O)c13)C(=O)NC2=O. The summed E-state index contributed by atoms with van der Waals surface area (Å²) < 4.78 is 0. The Labute approximate surface area is 163 Å². The molecular weight excluding hydrogens is 374 g/mol. The average Bonchev–Trinajstić information content (AvgIpc) is 2.71. The largest absolute Gasteiger partial charge is 0.320 e. The Balaban J connectivity index is 1.96. The van der Waals surface area contributed by atoms with Crippen molar-refractivity contribution in [1.82, 2.24) is 5.32 Å². The fourth-order valence-electron chi connectivity index (χ4n) is 3.44. The van der Waals surface area contributed by atoms with Crippen LogP contribution in [0.15, 0.2) is 53.7 Å². The highest BCUT2D eigenvalue weighted by molar-refractivity contribution is 6.30. The van der Waals surface area contributed by atoms with Crippen LogP contribution in [0, 0.1) is 4.91 Å². The molecule has 0 saturated heterocycles. The highest BCUT2D eigenvalue weighted by Crippen LogP contribution is 2.33. The molecule has 3 amide bonds. The van der Waals surface area contributed by atoms with Crippen LogP contribution >= 0.6 is 0 Å². The van der Waals surface area contributed by atoms with Crippen molar-refractivity contribution in [2.24, 2.45) is 5.18 Å². The summed E-state index contributed by atoms with van der Waals surface area (Å²) in [6, 6.07) is 12.0. The Hall–Kier alpha value is -4.20. The number of ketones is 1. The van der Waals surface area contributed by atoms with Crippen molar-refractivity contribution in [2.45, 2.75) is 6.92 Å². The molecule has 3 aromatic carbocycles. The first-order valence-corrected chi connectivity index (χ1v) is 8.62. The Kier molecular flexibility index (Phi) is 4.23. The first-order valence-electron chi connectivity index (χ1n) is 8.62. The third-order valence-electron chi connectivity index (χ3n) is 4.75. The molecule has 142 valence electrons. The van der Waals surface area contributed by atoms with Gasteiger partial charge in [0.05, 0.1) is 5.69 Å². The summed E-state index contributed by atoms with van der Waals surface area (Å²) in [5.74, 6) is -2.13. The smallest absolute Gasteiger partial charge is 0.258 e. The van der Waals surface area contributed by atoms with E-state index < -0.39 is 17.7 Å². The number of anilines is 1. The lowest BCUT2D eigenvalue weighted by atomic mass is 9.88. The van der Waals surface area contributed by atoms with Gasteiger partial charge >= 0.3 is 0 Å². The molecule has 8 nitrogen and oxygen atoms in total. The predicted molar refractivity (Wildman–Crippen MR) is 106 cm³/mol. The van der Waals surface area contributed by atoms with E-state index in [4.69, 9.17) is 0 Å². The Morgan fingerprint density at radius 1 is 0.862 bits per heavy atom. The average molecular weight is 387 g/mol. The lowest BCUT2D eigenvalue weighted by molar-refractivity contribution is 0.0842. The zero-order chi connectivity index (χ0) is 20.7. The third kappa shape index (κ3) is 2.87. The Morgan fingerprint density at radius 3 is 2.10 bits per heavy atom. The number of hydrogen-bond donors (Lipinski definition) is 2. The molecule has 2 N–H and O–H groups in total. The topological polar surface area (TPSA) is 122 Å². The predicted octanol–water partition coefficient (Wildman–Crippen LogP) is 3.58. The summed E-state index contributed by atoms with van der Waals surface area (Å²) in [5, 5.41) is 8.18. The molecule has 1 heterocycles. The van der Waals surface area contributed by atoms with Gasteiger partial charge in [-0.3, -0.25) is 24.5 Å². The minimum Gasteiger partial charge on any atom is -0.320 e. The highest BCUT2D eigenvalue weighted by atomic mass is 16.3. The number of nitrogens with zero attached hydrogens (tertiary/aromatic N) is 1. The van der Waals surface area contributed by atoms with Crippen LogP contribution in [0.1, 0.15) is 48.4 Å². The molecule has 1 aliphatic heterocycles. The molecule has 0 aromatic heterocycles. The molecule has 8 heteroatoms. The summed E-state index contributed by atoms with van der Waals surface area (Å²) in [6.07, 6.45) is 0. The number of benzene rings is 3. The van der Waals surface area contributed by atoms with Crippen LogP contribution in [0.4, 0.5) is 11.4 Å². The van der Waals surface area contributed by atoms with Crippen molar-refractivity contribution >= 4 is 45.7 Å². The van der Waals surface area contributed by atoms with Gasteiger partial charge in [0.2, 0.25) is 0 Å². The standard InChI is InChI=1S/C21H13N3O5/c1-10(25)11-6-7-13-18-14(21(28)23-20(13)27)9-8-12(17(11)18)19(26)22-15-4-2-3-5-16(15)24-29/h2-9H,1H3,(H,22,26)(H,23,27,28). The Morgan fingerprint density at radius 2 is 1.48 bits per heavy atom. The van der Waals surface area contributed by atoms with Gasteiger partial charge in [0, 0.05) is 33.0 Å². The minimum absolute atomic E-state index is 0.0462. The fourth-order valence-corrected chi connectivity index (χ4v) is 3.44. The lowest BCUT2D eigenvalue weighted by Crippen LogP contribution is -2.35. The van der Waals surface area contributed by atoms with Crippen molar-refractivity contribution in [1.29, 1.82) is 0 Å². The number of carbonyl (C=O) groups is 4. The second-order valence-corrected chi connectivity index (χ2v) is 6.47. The molecule has 0 atom stereocenters. The molecule has 3 aromatic rings. The van der Waals surface area contributed by atoms with E-state index in [1.807, 2.05) is 0 Å². The summed E-state index contributed by atoms with van der Waals surface area (Å²) >= 11 is 0.